The van der Waals surface area contributed by atoms with Crippen LogP contribution in [0.5, 0.6) is 0 Å². The molecule has 1 N–H and O–H groups in total. The summed E-state index contributed by atoms with van der Waals surface area (Å²) in [6.07, 6.45) is 1.40. The zero-order chi connectivity index (χ0) is 11.8. The maximum Gasteiger partial charge on any atom is 0.337 e. The molecule has 0 bridgehead atoms. The highest BCUT2D eigenvalue weighted by Gasteiger charge is 2.06. The zero-order valence-corrected chi connectivity index (χ0v) is 8.92. The molecule has 82 valence electrons. The molecule has 17 heavy (non-hydrogen) atoms. The third kappa shape index (κ3) is 1.52. The predicted octanol–water partition coefficient (Wildman–Crippen LogP) is 3.09. The maximum atomic E-state index is 10.9. The van der Waals surface area contributed by atoms with E-state index in [1.165, 1.54) is 6.20 Å². The van der Waals surface area contributed by atoms with E-state index in [9.17, 15) is 4.79 Å². The maximum absolute atomic E-state index is 10.9. The number of carboxylic acids is 1. The van der Waals surface area contributed by atoms with Gasteiger partial charge in [0, 0.05) is 17.0 Å². The van der Waals surface area contributed by atoms with Gasteiger partial charge in [-0.1, -0.05) is 36.4 Å². The van der Waals surface area contributed by atoms with E-state index in [0.717, 1.165) is 21.7 Å². The van der Waals surface area contributed by atoms with Gasteiger partial charge < -0.3 is 5.11 Å². The summed E-state index contributed by atoms with van der Waals surface area (Å²) in [4.78, 5) is 15.1. The second-order valence-electron chi connectivity index (χ2n) is 3.89. The highest BCUT2D eigenvalue weighted by Crippen LogP contribution is 2.23. The predicted molar refractivity (Wildman–Crippen MR) is 66.2 cm³/mol. The highest BCUT2D eigenvalue weighted by molar-refractivity contribution is 6.06. The molecule has 3 rings (SSSR count). The number of hydrogen-bond donors (Lipinski definition) is 1. The third-order valence-corrected chi connectivity index (χ3v) is 2.82. The van der Waals surface area contributed by atoms with Gasteiger partial charge in [-0.15, -0.1) is 0 Å². The van der Waals surface area contributed by atoms with Crippen LogP contribution in [0.4, 0.5) is 0 Å². The molecule has 0 atom stereocenters. The van der Waals surface area contributed by atoms with E-state index in [4.69, 9.17) is 5.11 Å². The number of hydrogen-bond acceptors (Lipinski definition) is 2. The van der Waals surface area contributed by atoms with Gasteiger partial charge in [-0.25, -0.2) is 4.79 Å². The van der Waals surface area contributed by atoms with Crippen molar-refractivity contribution in [3.8, 4) is 0 Å². The molecule has 0 aliphatic carbocycles. The Kier molecular flexibility index (Phi) is 2.05. The molecular formula is C14H9NO2. The molecule has 0 fully saturated rings. The lowest BCUT2D eigenvalue weighted by Gasteiger charge is -2.03. The molecule has 0 radical (unpaired) electrons. The topological polar surface area (TPSA) is 50.2 Å². The Morgan fingerprint density at radius 3 is 2.65 bits per heavy atom. The average molecular weight is 223 g/mol. The van der Waals surface area contributed by atoms with E-state index in [-0.39, 0.29) is 5.56 Å². The highest BCUT2D eigenvalue weighted by atomic mass is 16.4. The van der Waals surface area contributed by atoms with Gasteiger partial charge >= 0.3 is 5.97 Å². The normalized spacial score (nSPS) is 10.8. The Morgan fingerprint density at radius 2 is 1.82 bits per heavy atom. The minimum atomic E-state index is -0.951. The fourth-order valence-corrected chi connectivity index (χ4v) is 1.99. The second kappa shape index (κ2) is 3.56. The lowest BCUT2D eigenvalue weighted by Crippen LogP contribution is -1.97. The van der Waals surface area contributed by atoms with Crippen LogP contribution in [0.1, 0.15) is 10.4 Å². The molecule has 3 aromatic rings. The lowest BCUT2D eigenvalue weighted by atomic mass is 10.1. The Hall–Kier alpha value is -2.42. The molecule has 0 aliphatic heterocycles. The molecule has 1 aromatic heterocycles. The summed E-state index contributed by atoms with van der Waals surface area (Å²) in [5.74, 6) is -0.951. The number of pyridine rings is 1. The quantitative estimate of drug-likeness (QED) is 0.645. The average Bonchev–Trinajstić information content (AvgIpc) is 2.38. The van der Waals surface area contributed by atoms with Crippen molar-refractivity contribution in [2.24, 2.45) is 0 Å². The van der Waals surface area contributed by atoms with Crippen LogP contribution in [0.3, 0.4) is 0 Å². The number of carbonyl (C=O) groups is 1. The van der Waals surface area contributed by atoms with E-state index in [2.05, 4.69) is 4.98 Å². The molecule has 0 saturated heterocycles. The van der Waals surface area contributed by atoms with E-state index < -0.39 is 5.97 Å². The van der Waals surface area contributed by atoms with Crippen LogP contribution in [0, 0.1) is 0 Å². The van der Waals surface area contributed by atoms with Gasteiger partial charge in [0.1, 0.15) is 0 Å². The lowest BCUT2D eigenvalue weighted by molar-refractivity contribution is 0.0696. The number of nitrogens with zero attached hydrogens (tertiary/aromatic N) is 1. The van der Waals surface area contributed by atoms with E-state index in [1.54, 1.807) is 6.07 Å². The number of carboxylic acid groups (broad SMARTS) is 1. The summed E-state index contributed by atoms with van der Waals surface area (Å²) < 4.78 is 0. The molecular weight excluding hydrogens is 214 g/mol. The van der Waals surface area contributed by atoms with Crippen molar-refractivity contribution in [3.63, 3.8) is 0 Å². The third-order valence-electron chi connectivity index (χ3n) is 2.82. The first-order valence-electron chi connectivity index (χ1n) is 5.26. The second-order valence-corrected chi connectivity index (χ2v) is 3.89. The summed E-state index contributed by atoms with van der Waals surface area (Å²) >= 11 is 0. The van der Waals surface area contributed by atoms with E-state index in [0.29, 0.717) is 0 Å². The first-order chi connectivity index (χ1) is 8.25. The molecule has 2 aromatic carbocycles. The molecule has 0 unspecified atom stereocenters. The molecule has 0 spiro atoms. The van der Waals surface area contributed by atoms with Crippen LogP contribution in [-0.2, 0) is 0 Å². The number of aromatic carboxylic acids is 1. The van der Waals surface area contributed by atoms with Crippen molar-refractivity contribution in [1.29, 1.82) is 0 Å². The monoisotopic (exact) mass is 223 g/mol. The smallest absolute Gasteiger partial charge is 0.337 e. The SMILES string of the molecule is O=C(O)c1cnc2c(ccc3ccccc32)c1. The largest absolute Gasteiger partial charge is 0.478 e. The first kappa shape index (κ1) is 9.78. The molecule has 0 amide bonds. The molecule has 3 nitrogen and oxygen atoms in total. The summed E-state index contributed by atoms with van der Waals surface area (Å²) in [6, 6.07) is 13.5. The summed E-state index contributed by atoms with van der Waals surface area (Å²) in [7, 11) is 0. The molecule has 1 heterocycles. The van der Waals surface area contributed by atoms with Crippen molar-refractivity contribution < 1.29 is 9.90 Å². The zero-order valence-electron chi connectivity index (χ0n) is 8.92. The van der Waals surface area contributed by atoms with Crippen molar-refractivity contribution in [2.45, 2.75) is 0 Å². The molecule has 0 saturated carbocycles. The van der Waals surface area contributed by atoms with Crippen molar-refractivity contribution in [1.82, 2.24) is 4.98 Å². The fraction of sp³-hybridized carbons (Fsp3) is 0. The number of fused-ring (bicyclic) bond motifs is 3. The van der Waals surface area contributed by atoms with E-state index in [1.807, 2.05) is 36.4 Å². The van der Waals surface area contributed by atoms with Crippen LogP contribution in [0.25, 0.3) is 21.7 Å². The Bertz CT molecular complexity index is 734. The van der Waals surface area contributed by atoms with Crippen LogP contribution >= 0.6 is 0 Å². The van der Waals surface area contributed by atoms with Crippen LogP contribution in [-0.4, -0.2) is 16.1 Å². The number of aromatic nitrogens is 1. The summed E-state index contributed by atoms with van der Waals surface area (Å²) in [5.41, 5.74) is 1.06. The standard InChI is InChI=1S/C14H9NO2/c16-14(17)11-7-10-6-5-9-3-1-2-4-12(9)13(10)15-8-11/h1-8H,(H,16,17). The summed E-state index contributed by atoms with van der Waals surface area (Å²) in [5, 5.41) is 11.9. The molecule has 0 aliphatic rings. The van der Waals surface area contributed by atoms with Crippen LogP contribution in [0.15, 0.2) is 48.7 Å². The van der Waals surface area contributed by atoms with Crippen molar-refractivity contribution >= 4 is 27.6 Å². The van der Waals surface area contributed by atoms with Gasteiger partial charge in [-0.05, 0) is 11.5 Å². The van der Waals surface area contributed by atoms with Crippen molar-refractivity contribution in [3.05, 3.63) is 54.2 Å². The minimum absolute atomic E-state index is 0.216. The van der Waals surface area contributed by atoms with Crippen molar-refractivity contribution in [2.75, 3.05) is 0 Å². The molecule has 3 heteroatoms. The fourth-order valence-electron chi connectivity index (χ4n) is 1.99. The van der Waals surface area contributed by atoms with Gasteiger partial charge in [-0.2, -0.15) is 0 Å². The van der Waals surface area contributed by atoms with Gasteiger partial charge in [0.05, 0.1) is 11.1 Å². The number of benzene rings is 2. The van der Waals surface area contributed by atoms with Gasteiger partial charge in [0.2, 0.25) is 0 Å². The van der Waals surface area contributed by atoms with Gasteiger partial charge in [0.25, 0.3) is 0 Å². The van der Waals surface area contributed by atoms with E-state index >= 15 is 0 Å². The van der Waals surface area contributed by atoms with Crippen LogP contribution < -0.4 is 0 Å². The Balaban J connectivity index is 2.41. The Morgan fingerprint density at radius 1 is 1.06 bits per heavy atom. The summed E-state index contributed by atoms with van der Waals surface area (Å²) in [6.45, 7) is 0. The van der Waals surface area contributed by atoms with Gasteiger partial charge in [-0.3, -0.25) is 4.98 Å². The minimum Gasteiger partial charge on any atom is -0.478 e. The number of rotatable bonds is 1. The Labute approximate surface area is 97.3 Å². The first-order valence-corrected chi connectivity index (χ1v) is 5.26. The van der Waals surface area contributed by atoms with Crippen LogP contribution in [0.2, 0.25) is 0 Å². The van der Waals surface area contributed by atoms with Gasteiger partial charge in [0.15, 0.2) is 0 Å².